The van der Waals surface area contributed by atoms with Gasteiger partial charge in [0.25, 0.3) is 0 Å². The molecule has 0 aliphatic heterocycles. The molecule has 1 heterocycles. The smallest absolute Gasteiger partial charge is 0.227 e. The molecule has 2 aromatic carbocycles. The largest absolute Gasteiger partial charge is 0.354 e. The Balaban J connectivity index is 2.03. The Labute approximate surface area is 148 Å². The number of benzene rings is 2. The molecule has 0 fully saturated rings. The van der Waals surface area contributed by atoms with Crippen molar-refractivity contribution < 1.29 is 4.79 Å². The molecule has 0 unspecified atom stereocenters. The fourth-order valence-electron chi connectivity index (χ4n) is 3.09. The third-order valence-corrected chi connectivity index (χ3v) is 4.26. The van der Waals surface area contributed by atoms with Crippen LogP contribution in [0.2, 0.25) is 0 Å². The van der Waals surface area contributed by atoms with E-state index in [1.807, 2.05) is 36.4 Å². The first-order valence-electron chi connectivity index (χ1n) is 8.39. The van der Waals surface area contributed by atoms with E-state index in [0.29, 0.717) is 19.5 Å². The fourth-order valence-corrected chi connectivity index (χ4v) is 3.09. The molecule has 0 aliphatic rings. The lowest BCUT2D eigenvalue weighted by atomic mass is 10.0. The Morgan fingerprint density at radius 2 is 1.60 bits per heavy atom. The van der Waals surface area contributed by atoms with Gasteiger partial charge in [-0.2, -0.15) is 0 Å². The van der Waals surface area contributed by atoms with Crippen LogP contribution >= 0.6 is 0 Å². The van der Waals surface area contributed by atoms with Gasteiger partial charge in [0.05, 0.1) is 12.1 Å². The van der Waals surface area contributed by atoms with Gasteiger partial charge in [0, 0.05) is 24.0 Å². The topological polar surface area (TPSA) is 36.1 Å². The maximum atomic E-state index is 12.8. The molecule has 25 heavy (non-hydrogen) atoms. The third-order valence-electron chi connectivity index (χ3n) is 4.26. The summed E-state index contributed by atoms with van der Waals surface area (Å²) in [6.07, 6.45) is 3.83. The summed E-state index contributed by atoms with van der Waals surface area (Å²) in [6, 6.07) is 18.2. The van der Waals surface area contributed by atoms with Crippen molar-refractivity contribution in [2.24, 2.45) is 0 Å². The molecular weight excluding hydrogens is 308 g/mol. The highest BCUT2D eigenvalue weighted by Crippen LogP contribution is 2.31. The number of hydrogen-bond acceptors (Lipinski definition) is 1. The van der Waals surface area contributed by atoms with Gasteiger partial charge in [-0.3, -0.25) is 4.79 Å². The molecule has 0 bridgehead atoms. The summed E-state index contributed by atoms with van der Waals surface area (Å²) in [6.45, 7) is 8.53. The Morgan fingerprint density at radius 1 is 0.960 bits per heavy atom. The molecule has 0 atom stereocenters. The van der Waals surface area contributed by atoms with Gasteiger partial charge in [0.2, 0.25) is 5.91 Å². The lowest BCUT2D eigenvalue weighted by Gasteiger charge is -2.19. The van der Waals surface area contributed by atoms with Gasteiger partial charge in [0.1, 0.15) is 0 Å². The summed E-state index contributed by atoms with van der Waals surface area (Å²) < 4.78 is 0. The van der Waals surface area contributed by atoms with Gasteiger partial charge < -0.3 is 9.88 Å². The summed E-state index contributed by atoms with van der Waals surface area (Å²) in [7, 11) is 0. The highest BCUT2D eigenvalue weighted by atomic mass is 16.2. The maximum absolute atomic E-state index is 12.8. The Bertz CT molecular complexity index is 883. The van der Waals surface area contributed by atoms with Gasteiger partial charge in [-0.15, -0.1) is 13.2 Å². The average Bonchev–Trinajstić information content (AvgIpc) is 3.01. The minimum absolute atomic E-state index is 0.0711. The second-order valence-electron chi connectivity index (χ2n) is 5.94. The molecular formula is C22H22N2O. The molecule has 126 valence electrons. The zero-order chi connectivity index (χ0) is 17.6. The van der Waals surface area contributed by atoms with Crippen molar-refractivity contribution in [2.45, 2.75) is 6.42 Å². The quantitative estimate of drug-likeness (QED) is 0.633. The SMILES string of the molecule is C=CCN(CC=C)C(=O)Cc1c(-c2ccccc2)[nH]c2ccccc12. The third kappa shape index (κ3) is 3.56. The summed E-state index contributed by atoms with van der Waals surface area (Å²) >= 11 is 0. The second-order valence-corrected chi connectivity index (χ2v) is 5.94. The van der Waals surface area contributed by atoms with E-state index < -0.39 is 0 Å². The number of hydrogen-bond donors (Lipinski definition) is 1. The first-order chi connectivity index (χ1) is 12.2. The molecule has 1 N–H and O–H groups in total. The van der Waals surface area contributed by atoms with Crippen LogP contribution in [0.1, 0.15) is 5.56 Å². The Kier molecular flexibility index (Phi) is 5.14. The number of aromatic nitrogens is 1. The normalized spacial score (nSPS) is 10.6. The van der Waals surface area contributed by atoms with Crippen molar-refractivity contribution in [1.82, 2.24) is 9.88 Å². The Hall–Kier alpha value is -3.07. The zero-order valence-electron chi connectivity index (χ0n) is 14.2. The number of aromatic amines is 1. The van der Waals surface area contributed by atoms with Crippen LogP contribution in [0.5, 0.6) is 0 Å². The number of fused-ring (bicyclic) bond motifs is 1. The molecule has 0 radical (unpaired) electrons. The summed E-state index contributed by atoms with van der Waals surface area (Å²) in [4.78, 5) is 18.1. The number of nitrogens with zero attached hydrogens (tertiary/aromatic N) is 1. The number of nitrogens with one attached hydrogen (secondary N) is 1. The standard InChI is InChI=1S/C22H22N2O/c1-3-14-24(15-4-2)21(25)16-19-18-12-8-9-13-20(18)23-22(19)17-10-6-5-7-11-17/h3-13,23H,1-2,14-16H2. The van der Waals surface area contributed by atoms with E-state index >= 15 is 0 Å². The van der Waals surface area contributed by atoms with Gasteiger partial charge in [0.15, 0.2) is 0 Å². The van der Waals surface area contributed by atoms with Crippen LogP contribution in [-0.4, -0.2) is 28.9 Å². The van der Waals surface area contributed by atoms with Gasteiger partial charge in [-0.05, 0) is 17.2 Å². The highest BCUT2D eigenvalue weighted by Gasteiger charge is 2.18. The minimum atomic E-state index is 0.0711. The lowest BCUT2D eigenvalue weighted by molar-refractivity contribution is -0.129. The van der Waals surface area contributed by atoms with Crippen LogP contribution in [0.3, 0.4) is 0 Å². The van der Waals surface area contributed by atoms with E-state index in [1.54, 1.807) is 17.1 Å². The highest BCUT2D eigenvalue weighted by molar-refractivity contribution is 5.95. The molecule has 1 amide bonds. The van der Waals surface area contributed by atoms with Crippen molar-refractivity contribution in [3.05, 3.63) is 85.5 Å². The predicted molar refractivity (Wildman–Crippen MR) is 104 cm³/mol. The number of H-pyrrole nitrogens is 1. The molecule has 3 rings (SSSR count). The summed E-state index contributed by atoms with van der Waals surface area (Å²) in [5, 5.41) is 1.09. The van der Waals surface area contributed by atoms with Gasteiger partial charge >= 0.3 is 0 Å². The molecule has 0 saturated heterocycles. The van der Waals surface area contributed by atoms with Gasteiger partial charge in [-0.1, -0.05) is 60.7 Å². The molecule has 1 aromatic heterocycles. The van der Waals surface area contributed by atoms with E-state index in [-0.39, 0.29) is 5.91 Å². The van der Waals surface area contributed by atoms with Crippen molar-refractivity contribution in [3.8, 4) is 11.3 Å². The number of para-hydroxylation sites is 1. The summed E-state index contributed by atoms with van der Waals surface area (Å²) in [5.41, 5.74) is 4.17. The first kappa shape index (κ1) is 16.8. The first-order valence-corrected chi connectivity index (χ1v) is 8.39. The molecule has 3 nitrogen and oxygen atoms in total. The monoisotopic (exact) mass is 330 g/mol. The Morgan fingerprint density at radius 3 is 2.28 bits per heavy atom. The van der Waals surface area contributed by atoms with Crippen molar-refractivity contribution in [2.75, 3.05) is 13.1 Å². The van der Waals surface area contributed by atoms with Crippen LogP contribution in [-0.2, 0) is 11.2 Å². The van der Waals surface area contributed by atoms with E-state index in [4.69, 9.17) is 0 Å². The van der Waals surface area contributed by atoms with Crippen LogP contribution in [0.25, 0.3) is 22.2 Å². The summed E-state index contributed by atoms with van der Waals surface area (Å²) in [5.74, 6) is 0.0711. The van der Waals surface area contributed by atoms with E-state index in [9.17, 15) is 4.79 Å². The lowest BCUT2D eigenvalue weighted by Crippen LogP contribution is -2.32. The van der Waals surface area contributed by atoms with Crippen molar-refractivity contribution in [3.63, 3.8) is 0 Å². The van der Waals surface area contributed by atoms with Crippen LogP contribution in [0, 0.1) is 0 Å². The molecule has 3 heteroatoms. The fraction of sp³-hybridized carbons (Fsp3) is 0.136. The van der Waals surface area contributed by atoms with Crippen LogP contribution in [0.4, 0.5) is 0 Å². The predicted octanol–water partition coefficient (Wildman–Crippen LogP) is 4.58. The number of carbonyl (C=O) groups is 1. The molecule has 0 spiro atoms. The zero-order valence-corrected chi connectivity index (χ0v) is 14.2. The van der Waals surface area contributed by atoms with Crippen molar-refractivity contribution in [1.29, 1.82) is 0 Å². The average molecular weight is 330 g/mol. The van der Waals surface area contributed by atoms with Crippen LogP contribution < -0.4 is 0 Å². The number of amides is 1. The second kappa shape index (κ2) is 7.67. The maximum Gasteiger partial charge on any atom is 0.227 e. The van der Waals surface area contributed by atoms with E-state index in [2.05, 4.69) is 36.3 Å². The van der Waals surface area contributed by atoms with Crippen molar-refractivity contribution >= 4 is 16.8 Å². The van der Waals surface area contributed by atoms with Crippen LogP contribution in [0.15, 0.2) is 79.9 Å². The van der Waals surface area contributed by atoms with Gasteiger partial charge in [-0.25, -0.2) is 0 Å². The molecule has 3 aromatic rings. The minimum Gasteiger partial charge on any atom is -0.354 e. The van der Waals surface area contributed by atoms with E-state index in [0.717, 1.165) is 27.7 Å². The van der Waals surface area contributed by atoms with E-state index in [1.165, 1.54) is 0 Å². The molecule has 0 aliphatic carbocycles. The molecule has 0 saturated carbocycles. The number of rotatable bonds is 7. The number of carbonyl (C=O) groups excluding carboxylic acids is 1.